The molecule has 35 heavy (non-hydrogen) atoms. The predicted octanol–water partition coefficient (Wildman–Crippen LogP) is 2.81. The summed E-state index contributed by atoms with van der Waals surface area (Å²) in [6, 6.07) is 6.24. The van der Waals surface area contributed by atoms with Gasteiger partial charge < -0.3 is 29.7 Å². The number of rotatable bonds is 7. The molecule has 0 radical (unpaired) electrons. The second kappa shape index (κ2) is 11.4. The Morgan fingerprint density at radius 1 is 1.03 bits per heavy atom. The molecule has 2 aliphatic rings. The van der Waals surface area contributed by atoms with Gasteiger partial charge in [0.2, 0.25) is 0 Å². The molecule has 0 unspecified atom stereocenters. The molecule has 0 aromatic heterocycles. The third-order valence-electron chi connectivity index (χ3n) is 5.58. The van der Waals surface area contributed by atoms with Crippen molar-refractivity contribution in [2.75, 3.05) is 45.9 Å². The zero-order chi connectivity index (χ0) is 25.6. The predicted molar refractivity (Wildman–Crippen MR) is 130 cm³/mol. The van der Waals surface area contributed by atoms with Gasteiger partial charge in [0, 0.05) is 38.4 Å². The second-order valence-corrected chi connectivity index (χ2v) is 9.39. The second-order valence-electron chi connectivity index (χ2n) is 9.39. The molecule has 10 nitrogen and oxygen atoms in total. The number of amides is 3. The van der Waals surface area contributed by atoms with Gasteiger partial charge in [0.05, 0.1) is 24.8 Å². The number of hydrogen-bond donors (Lipinski definition) is 2. The first-order chi connectivity index (χ1) is 16.6. The number of urea groups is 1. The fourth-order valence-electron chi connectivity index (χ4n) is 4.00. The van der Waals surface area contributed by atoms with Crippen molar-refractivity contribution < 1.29 is 28.6 Å². The summed E-state index contributed by atoms with van der Waals surface area (Å²) in [6.07, 6.45) is -0.339. The number of ether oxygens (including phenoxy) is 3. The highest BCUT2D eigenvalue weighted by molar-refractivity contribution is 5.95. The van der Waals surface area contributed by atoms with Crippen molar-refractivity contribution >= 4 is 18.1 Å². The molecular weight excluding hydrogens is 452 g/mol. The molecule has 0 aliphatic carbocycles. The van der Waals surface area contributed by atoms with Crippen molar-refractivity contribution in [2.45, 2.75) is 46.3 Å². The topological polar surface area (TPSA) is 109 Å². The summed E-state index contributed by atoms with van der Waals surface area (Å²) in [7, 11) is 0. The Kier molecular flexibility index (Phi) is 8.61. The standard InChI is InChI=1S/C25H36N4O6/c1-6-33-18-10-8-17(9-11-18)21-20(22(30)34-7-2)19(26-23(31)27-21)16-28-12-14-29(15-13-28)24(32)35-25(3,4)5/h8-11,21H,6-7,12-16H2,1-5H3,(H2,26,27,31)/t21-/m0/s1. The van der Waals surface area contributed by atoms with Crippen molar-refractivity contribution in [3.05, 3.63) is 41.1 Å². The fraction of sp³-hybridized carbons (Fsp3) is 0.560. The molecule has 192 valence electrons. The largest absolute Gasteiger partial charge is 0.494 e. The lowest BCUT2D eigenvalue weighted by Gasteiger charge is -2.37. The van der Waals surface area contributed by atoms with E-state index in [2.05, 4.69) is 15.5 Å². The Morgan fingerprint density at radius 2 is 1.69 bits per heavy atom. The van der Waals surface area contributed by atoms with Crippen LogP contribution in [0.3, 0.4) is 0 Å². The van der Waals surface area contributed by atoms with E-state index in [-0.39, 0.29) is 18.7 Å². The Hall–Kier alpha value is -3.27. The SMILES string of the molecule is CCOC(=O)C1=C(CN2CCN(C(=O)OC(C)(C)C)CC2)NC(=O)N[C@H]1c1ccc(OCC)cc1. The first-order valence-corrected chi connectivity index (χ1v) is 12.0. The van der Waals surface area contributed by atoms with Gasteiger partial charge in [-0.15, -0.1) is 0 Å². The van der Waals surface area contributed by atoms with Crippen LogP contribution in [0.15, 0.2) is 35.5 Å². The monoisotopic (exact) mass is 488 g/mol. The van der Waals surface area contributed by atoms with Crippen LogP contribution in [0.2, 0.25) is 0 Å². The first kappa shape index (κ1) is 26.3. The van der Waals surface area contributed by atoms with Crippen molar-refractivity contribution in [3.63, 3.8) is 0 Å². The number of hydrogen-bond acceptors (Lipinski definition) is 7. The normalized spacial score (nSPS) is 19.1. The van der Waals surface area contributed by atoms with Gasteiger partial charge in [-0.25, -0.2) is 14.4 Å². The maximum atomic E-state index is 13.0. The minimum atomic E-state index is -0.656. The van der Waals surface area contributed by atoms with Gasteiger partial charge in [-0.1, -0.05) is 12.1 Å². The molecule has 2 heterocycles. The lowest BCUT2D eigenvalue weighted by Crippen LogP contribution is -2.53. The minimum Gasteiger partial charge on any atom is -0.494 e. The summed E-state index contributed by atoms with van der Waals surface area (Å²) in [5.41, 5.74) is 1.06. The molecule has 3 amide bonds. The molecule has 2 N–H and O–H groups in total. The van der Waals surface area contributed by atoms with Crippen molar-refractivity contribution in [1.29, 1.82) is 0 Å². The van der Waals surface area contributed by atoms with E-state index < -0.39 is 17.6 Å². The van der Waals surface area contributed by atoms with Crippen LogP contribution in [0.1, 0.15) is 46.2 Å². The molecular formula is C25H36N4O6. The number of esters is 1. The van der Waals surface area contributed by atoms with Gasteiger partial charge in [0.1, 0.15) is 11.4 Å². The zero-order valence-corrected chi connectivity index (χ0v) is 21.2. The Morgan fingerprint density at radius 3 is 2.26 bits per heavy atom. The van der Waals surface area contributed by atoms with E-state index in [0.29, 0.717) is 56.4 Å². The lowest BCUT2D eigenvalue weighted by molar-refractivity contribution is -0.139. The van der Waals surface area contributed by atoms with E-state index in [1.807, 2.05) is 52.0 Å². The smallest absolute Gasteiger partial charge is 0.410 e. The molecule has 0 spiro atoms. The van der Waals surface area contributed by atoms with Gasteiger partial charge in [-0.2, -0.15) is 0 Å². The van der Waals surface area contributed by atoms with Crippen molar-refractivity contribution in [2.24, 2.45) is 0 Å². The van der Waals surface area contributed by atoms with E-state index in [1.54, 1.807) is 11.8 Å². The summed E-state index contributed by atoms with van der Waals surface area (Å²) in [4.78, 5) is 41.7. The van der Waals surface area contributed by atoms with E-state index in [0.717, 1.165) is 5.56 Å². The van der Waals surface area contributed by atoms with Gasteiger partial charge in [0.25, 0.3) is 0 Å². The molecule has 0 saturated carbocycles. The number of benzene rings is 1. The number of carbonyl (C=O) groups excluding carboxylic acids is 3. The van der Waals surface area contributed by atoms with Crippen LogP contribution in [-0.4, -0.2) is 79.4 Å². The number of piperazine rings is 1. The van der Waals surface area contributed by atoms with Crippen LogP contribution in [0, 0.1) is 0 Å². The van der Waals surface area contributed by atoms with E-state index in [1.165, 1.54) is 0 Å². The summed E-state index contributed by atoms with van der Waals surface area (Å²) in [5, 5.41) is 5.65. The van der Waals surface area contributed by atoms with E-state index in [9.17, 15) is 14.4 Å². The molecule has 1 atom stereocenters. The van der Waals surface area contributed by atoms with Crippen molar-refractivity contribution in [1.82, 2.24) is 20.4 Å². The summed E-state index contributed by atoms with van der Waals surface area (Å²) < 4.78 is 16.3. The number of nitrogens with zero attached hydrogens (tertiary/aromatic N) is 2. The van der Waals surface area contributed by atoms with Crippen LogP contribution in [-0.2, 0) is 14.3 Å². The minimum absolute atomic E-state index is 0.216. The summed E-state index contributed by atoms with van der Waals surface area (Å²) in [6.45, 7) is 12.4. The molecule has 10 heteroatoms. The van der Waals surface area contributed by atoms with Crippen LogP contribution in [0.5, 0.6) is 5.75 Å². The average Bonchev–Trinajstić information content (AvgIpc) is 2.79. The van der Waals surface area contributed by atoms with Gasteiger partial charge in [-0.3, -0.25) is 4.90 Å². The highest BCUT2D eigenvalue weighted by Crippen LogP contribution is 2.29. The fourth-order valence-corrected chi connectivity index (χ4v) is 4.00. The lowest BCUT2D eigenvalue weighted by atomic mass is 9.94. The van der Waals surface area contributed by atoms with Gasteiger partial charge in [-0.05, 0) is 52.3 Å². The third kappa shape index (κ3) is 7.11. The zero-order valence-electron chi connectivity index (χ0n) is 21.2. The van der Waals surface area contributed by atoms with E-state index in [4.69, 9.17) is 14.2 Å². The molecule has 1 fully saturated rings. The maximum Gasteiger partial charge on any atom is 0.410 e. The highest BCUT2D eigenvalue weighted by atomic mass is 16.6. The summed E-state index contributed by atoms with van der Waals surface area (Å²) >= 11 is 0. The van der Waals surface area contributed by atoms with E-state index >= 15 is 0 Å². The highest BCUT2D eigenvalue weighted by Gasteiger charge is 2.35. The third-order valence-corrected chi connectivity index (χ3v) is 5.58. The maximum absolute atomic E-state index is 13.0. The number of carbonyl (C=O) groups is 3. The van der Waals surface area contributed by atoms with Gasteiger partial charge >= 0.3 is 18.1 Å². The van der Waals surface area contributed by atoms with Gasteiger partial charge in [0.15, 0.2) is 0 Å². The quantitative estimate of drug-likeness (QED) is 0.568. The van der Waals surface area contributed by atoms with Crippen molar-refractivity contribution in [3.8, 4) is 5.75 Å². The Labute approximate surface area is 206 Å². The first-order valence-electron chi connectivity index (χ1n) is 12.0. The molecule has 2 aliphatic heterocycles. The number of nitrogens with one attached hydrogen (secondary N) is 2. The Bertz CT molecular complexity index is 946. The average molecular weight is 489 g/mol. The molecule has 3 rings (SSSR count). The Balaban J connectivity index is 1.79. The summed E-state index contributed by atoms with van der Waals surface area (Å²) in [5.74, 6) is 0.225. The molecule has 1 aromatic rings. The molecule has 0 bridgehead atoms. The van der Waals surface area contributed by atoms with Crippen LogP contribution in [0.25, 0.3) is 0 Å². The molecule has 1 saturated heterocycles. The van der Waals surface area contributed by atoms with Crippen LogP contribution < -0.4 is 15.4 Å². The van der Waals surface area contributed by atoms with Crippen LogP contribution >= 0.6 is 0 Å². The van der Waals surface area contributed by atoms with Crippen LogP contribution in [0.4, 0.5) is 9.59 Å². The molecule has 1 aromatic carbocycles.